The summed E-state index contributed by atoms with van der Waals surface area (Å²) in [5.74, 6) is 0.199. The van der Waals surface area contributed by atoms with Crippen LogP contribution in [0.5, 0.6) is 11.5 Å². The first-order valence-electron chi connectivity index (χ1n) is 12.3. The van der Waals surface area contributed by atoms with Crippen LogP contribution in [0, 0.1) is 0 Å². The summed E-state index contributed by atoms with van der Waals surface area (Å²) >= 11 is 0. The molecule has 1 amide bonds. The van der Waals surface area contributed by atoms with Crippen LogP contribution < -0.4 is 19.1 Å². The second-order valence-corrected chi connectivity index (χ2v) is 12.1. The van der Waals surface area contributed by atoms with Gasteiger partial charge in [0.2, 0.25) is 15.9 Å². The van der Waals surface area contributed by atoms with Crippen LogP contribution in [-0.4, -0.2) is 45.6 Å². The molecule has 4 rings (SSSR count). The smallest absolute Gasteiger partial charge is 0.247 e. The molecule has 1 aliphatic rings. The first kappa shape index (κ1) is 27.2. The highest BCUT2D eigenvalue weighted by Gasteiger charge is 2.30. The van der Waals surface area contributed by atoms with E-state index in [1.54, 1.807) is 54.6 Å². The molecule has 3 aromatic carbocycles. The van der Waals surface area contributed by atoms with Gasteiger partial charge < -0.3 is 14.8 Å². The van der Waals surface area contributed by atoms with Gasteiger partial charge in [-0.05, 0) is 42.2 Å². The number of amides is 1. The van der Waals surface area contributed by atoms with Crippen LogP contribution >= 0.6 is 0 Å². The molecular formula is C29H32N2O6S. The quantitative estimate of drug-likeness (QED) is 0.436. The van der Waals surface area contributed by atoms with Crippen molar-refractivity contribution in [3.05, 3.63) is 83.4 Å². The molecule has 1 atom stereocenters. The molecule has 0 bridgehead atoms. The van der Waals surface area contributed by atoms with Gasteiger partial charge in [0.25, 0.3) is 0 Å². The molecule has 3 aromatic rings. The Labute approximate surface area is 223 Å². The maximum atomic E-state index is 13.2. The summed E-state index contributed by atoms with van der Waals surface area (Å²) in [5, 5.41) is 2.75. The summed E-state index contributed by atoms with van der Waals surface area (Å²) in [4.78, 5) is 26.3. The van der Waals surface area contributed by atoms with Crippen LogP contribution in [0.1, 0.15) is 49.2 Å². The minimum absolute atomic E-state index is 0.0256. The summed E-state index contributed by atoms with van der Waals surface area (Å²) in [6, 6.07) is 17.7. The van der Waals surface area contributed by atoms with Crippen molar-refractivity contribution >= 4 is 33.1 Å². The molecule has 38 heavy (non-hydrogen) atoms. The second-order valence-electron chi connectivity index (χ2n) is 10.3. The topological polar surface area (TPSA) is 102 Å². The molecule has 0 radical (unpaired) electrons. The predicted molar refractivity (Wildman–Crippen MR) is 148 cm³/mol. The highest BCUT2D eigenvalue weighted by atomic mass is 32.2. The molecule has 9 heteroatoms. The minimum atomic E-state index is -3.83. The van der Waals surface area contributed by atoms with E-state index in [0.29, 0.717) is 41.5 Å². The van der Waals surface area contributed by atoms with Crippen molar-refractivity contribution in [2.45, 2.75) is 39.2 Å². The molecule has 8 nitrogen and oxygen atoms in total. The van der Waals surface area contributed by atoms with Crippen molar-refractivity contribution in [1.29, 1.82) is 0 Å². The molecule has 0 aliphatic carbocycles. The van der Waals surface area contributed by atoms with Crippen LogP contribution in [0.3, 0.4) is 0 Å². The average molecular weight is 537 g/mol. The molecule has 1 aliphatic heterocycles. The number of ether oxygens (including phenoxy) is 2. The van der Waals surface area contributed by atoms with Crippen LogP contribution in [0.15, 0.2) is 66.7 Å². The standard InChI is InChI=1S/C29H32N2O6S/c1-19(31(38(5,34)35)24-13-14-25-26(18-24)37-16-15-36-25)28(33)30-23-8-6-7-21(17-23)27(32)20-9-11-22(12-10-20)29(2,3)4/h6-14,17-19H,15-16H2,1-5H3,(H,30,33)/t19-/m0/s1. The van der Waals surface area contributed by atoms with E-state index in [9.17, 15) is 18.0 Å². The van der Waals surface area contributed by atoms with Crippen molar-refractivity contribution in [2.24, 2.45) is 0 Å². The first-order valence-corrected chi connectivity index (χ1v) is 14.1. The highest BCUT2D eigenvalue weighted by Crippen LogP contribution is 2.35. The lowest BCUT2D eigenvalue weighted by atomic mass is 9.86. The summed E-state index contributed by atoms with van der Waals surface area (Å²) in [7, 11) is -3.83. The molecule has 0 unspecified atom stereocenters. The van der Waals surface area contributed by atoms with Crippen molar-refractivity contribution in [3.8, 4) is 11.5 Å². The van der Waals surface area contributed by atoms with Gasteiger partial charge in [0, 0.05) is 22.9 Å². The maximum Gasteiger partial charge on any atom is 0.247 e. The van der Waals surface area contributed by atoms with E-state index in [4.69, 9.17) is 9.47 Å². The monoisotopic (exact) mass is 536 g/mol. The van der Waals surface area contributed by atoms with E-state index < -0.39 is 22.0 Å². The largest absolute Gasteiger partial charge is 0.486 e. The van der Waals surface area contributed by atoms with Gasteiger partial charge in [0.1, 0.15) is 19.3 Å². The van der Waals surface area contributed by atoms with E-state index in [0.717, 1.165) is 16.1 Å². The van der Waals surface area contributed by atoms with Crippen LogP contribution in [-0.2, 0) is 20.2 Å². The molecule has 0 aromatic heterocycles. The number of fused-ring (bicyclic) bond motifs is 1. The third-order valence-corrected chi connectivity index (χ3v) is 7.52. The number of benzene rings is 3. The van der Waals surface area contributed by atoms with Gasteiger partial charge in [-0.3, -0.25) is 13.9 Å². The van der Waals surface area contributed by atoms with Crippen LogP contribution in [0.2, 0.25) is 0 Å². The molecule has 0 saturated carbocycles. The molecule has 0 spiro atoms. The number of nitrogens with zero attached hydrogens (tertiary/aromatic N) is 1. The van der Waals surface area contributed by atoms with E-state index in [-0.39, 0.29) is 16.9 Å². The molecule has 0 saturated heterocycles. The van der Waals surface area contributed by atoms with Gasteiger partial charge in [-0.25, -0.2) is 8.42 Å². The Morgan fingerprint density at radius 1 is 0.895 bits per heavy atom. The number of rotatable bonds is 7. The second kappa shape index (κ2) is 10.5. The Bertz CT molecular complexity index is 1460. The highest BCUT2D eigenvalue weighted by molar-refractivity contribution is 7.92. The van der Waals surface area contributed by atoms with Crippen LogP contribution in [0.25, 0.3) is 0 Å². The van der Waals surface area contributed by atoms with Gasteiger partial charge in [-0.2, -0.15) is 0 Å². The SMILES string of the molecule is C[C@@H](C(=O)Nc1cccc(C(=O)c2ccc(C(C)(C)C)cc2)c1)N(c1ccc2c(c1)OCCO2)S(C)(=O)=O. The fraction of sp³-hybridized carbons (Fsp3) is 0.310. The van der Waals surface area contributed by atoms with Gasteiger partial charge in [-0.15, -0.1) is 0 Å². The van der Waals surface area contributed by atoms with Crippen molar-refractivity contribution < 1.29 is 27.5 Å². The number of hydrogen-bond donors (Lipinski definition) is 1. The fourth-order valence-electron chi connectivity index (χ4n) is 4.25. The molecule has 1 heterocycles. The first-order chi connectivity index (χ1) is 17.8. The summed E-state index contributed by atoms with van der Waals surface area (Å²) < 4.78 is 37.6. The lowest BCUT2D eigenvalue weighted by Crippen LogP contribution is -2.45. The van der Waals surface area contributed by atoms with E-state index in [1.165, 1.54) is 6.92 Å². The van der Waals surface area contributed by atoms with Crippen molar-refractivity contribution in [1.82, 2.24) is 0 Å². The van der Waals surface area contributed by atoms with Gasteiger partial charge in [-0.1, -0.05) is 57.2 Å². The Morgan fingerprint density at radius 3 is 2.18 bits per heavy atom. The Morgan fingerprint density at radius 2 is 1.55 bits per heavy atom. The Kier molecular flexibility index (Phi) is 7.51. The number of carbonyl (C=O) groups is 2. The minimum Gasteiger partial charge on any atom is -0.486 e. The average Bonchev–Trinajstić information content (AvgIpc) is 2.87. The number of ketones is 1. The van der Waals surface area contributed by atoms with E-state index in [1.807, 2.05) is 12.1 Å². The zero-order valence-corrected chi connectivity index (χ0v) is 23.0. The molecular weight excluding hydrogens is 504 g/mol. The molecule has 1 N–H and O–H groups in total. The summed E-state index contributed by atoms with van der Waals surface area (Å²) in [5.41, 5.74) is 2.71. The van der Waals surface area contributed by atoms with E-state index >= 15 is 0 Å². The Balaban J connectivity index is 1.54. The fourth-order valence-corrected chi connectivity index (χ4v) is 5.42. The third kappa shape index (κ3) is 5.99. The normalized spacial score (nSPS) is 13.9. The molecule has 0 fully saturated rings. The number of nitrogens with one attached hydrogen (secondary N) is 1. The van der Waals surface area contributed by atoms with Gasteiger partial charge >= 0.3 is 0 Å². The number of sulfonamides is 1. The van der Waals surface area contributed by atoms with Gasteiger partial charge in [0.15, 0.2) is 17.3 Å². The van der Waals surface area contributed by atoms with Gasteiger partial charge in [0.05, 0.1) is 11.9 Å². The predicted octanol–water partition coefficient (Wildman–Crippen LogP) is 4.78. The lowest BCUT2D eigenvalue weighted by molar-refractivity contribution is -0.116. The van der Waals surface area contributed by atoms with Crippen molar-refractivity contribution in [3.63, 3.8) is 0 Å². The zero-order valence-electron chi connectivity index (χ0n) is 22.1. The number of anilines is 2. The Hall–Kier alpha value is -3.85. The number of hydrogen-bond acceptors (Lipinski definition) is 6. The van der Waals surface area contributed by atoms with Crippen LogP contribution in [0.4, 0.5) is 11.4 Å². The van der Waals surface area contributed by atoms with E-state index in [2.05, 4.69) is 26.1 Å². The van der Waals surface area contributed by atoms with Crippen molar-refractivity contribution in [2.75, 3.05) is 29.1 Å². The number of carbonyl (C=O) groups excluding carboxylic acids is 2. The lowest BCUT2D eigenvalue weighted by Gasteiger charge is -2.29. The third-order valence-electron chi connectivity index (χ3n) is 6.27. The summed E-state index contributed by atoms with van der Waals surface area (Å²) in [6.07, 6.45) is 1.04. The zero-order chi connectivity index (χ0) is 27.7. The summed E-state index contributed by atoms with van der Waals surface area (Å²) in [6.45, 7) is 8.58. The maximum absolute atomic E-state index is 13.2. The molecule has 200 valence electrons.